The Labute approximate surface area is 219 Å². The second-order valence-electron chi connectivity index (χ2n) is 8.51. The molecule has 2 aromatic carbocycles. The molecule has 3 aromatic rings. The molecule has 1 aliphatic heterocycles. The molecule has 5 rings (SSSR count). The monoisotopic (exact) mass is 572 g/mol. The average molecular weight is 572 g/mol. The van der Waals surface area contributed by atoms with E-state index < -0.39 is 36.1 Å². The molecule has 1 aromatic heterocycles. The van der Waals surface area contributed by atoms with Crippen LogP contribution in [0.1, 0.15) is 40.0 Å². The summed E-state index contributed by atoms with van der Waals surface area (Å²) in [5.41, 5.74) is -2.21. The van der Waals surface area contributed by atoms with Crippen LogP contribution in [0.5, 0.6) is 5.88 Å². The van der Waals surface area contributed by atoms with E-state index in [0.29, 0.717) is 27.3 Å². The van der Waals surface area contributed by atoms with Crippen molar-refractivity contribution in [3.05, 3.63) is 74.1 Å². The van der Waals surface area contributed by atoms with Gasteiger partial charge in [-0.1, -0.05) is 23.5 Å². The Bertz CT molecular complexity index is 1560. The number of alkyl halides is 6. The number of carboxylic acid groups (broad SMARTS) is 2. The van der Waals surface area contributed by atoms with E-state index in [-0.39, 0.29) is 34.0 Å². The summed E-state index contributed by atoms with van der Waals surface area (Å²) in [4.78, 5) is 12.9. The highest BCUT2D eigenvalue weighted by Crippen LogP contribution is 2.41. The van der Waals surface area contributed by atoms with Crippen LogP contribution < -0.4 is 15.9 Å². The number of thiazole rings is 1. The molecule has 0 spiro atoms. The van der Waals surface area contributed by atoms with Crippen LogP contribution in [0.25, 0.3) is 5.57 Å². The van der Waals surface area contributed by atoms with Gasteiger partial charge in [0.2, 0.25) is 5.88 Å². The Balaban J connectivity index is 0.000000826. The Morgan fingerprint density at radius 2 is 1.72 bits per heavy atom. The molecule has 0 unspecified atom stereocenters. The van der Waals surface area contributed by atoms with E-state index in [1.807, 2.05) is 0 Å². The summed E-state index contributed by atoms with van der Waals surface area (Å²) in [6.07, 6.45) is -8.78. The molecule has 4 N–H and O–H groups in total. The summed E-state index contributed by atoms with van der Waals surface area (Å²) in [5, 5.41) is 36.9. The first-order valence-electron chi connectivity index (χ1n) is 11.1. The molecule has 0 bridgehead atoms. The molecule has 0 radical (unpaired) electrons. The molecule has 1 fully saturated rings. The maximum absolute atomic E-state index is 13.8. The largest absolute Gasteiger partial charge is 0.503 e. The highest BCUT2D eigenvalue weighted by Gasteiger charge is 2.38. The fourth-order valence-corrected chi connectivity index (χ4v) is 4.74. The van der Waals surface area contributed by atoms with Gasteiger partial charge in [-0.15, -0.1) is 0 Å². The van der Waals surface area contributed by atoms with E-state index in [1.165, 1.54) is 6.21 Å². The van der Waals surface area contributed by atoms with Gasteiger partial charge in [0.1, 0.15) is 0 Å². The number of anilines is 1. The fraction of sp³-hybridized carbons (Fsp3) is 0.250. The van der Waals surface area contributed by atoms with Crippen molar-refractivity contribution >= 4 is 34.4 Å². The molecule has 15 heteroatoms. The molecule has 2 heterocycles. The zero-order valence-corrected chi connectivity index (χ0v) is 20.3. The number of benzene rings is 2. The first-order chi connectivity index (χ1) is 18.2. The number of fused-ring (bicyclic) bond motifs is 1. The van der Waals surface area contributed by atoms with Gasteiger partial charge >= 0.3 is 18.5 Å². The van der Waals surface area contributed by atoms with Crippen LogP contribution >= 0.6 is 11.3 Å². The maximum Gasteiger partial charge on any atom is 0.503 e. The van der Waals surface area contributed by atoms with Crippen molar-refractivity contribution in [3.63, 3.8) is 0 Å². The van der Waals surface area contributed by atoms with Crippen LogP contribution in [0.15, 0.2) is 46.6 Å². The molecular weight excluding hydrogens is 554 g/mol. The summed E-state index contributed by atoms with van der Waals surface area (Å²) in [6, 6.07) is 6.72. The van der Waals surface area contributed by atoms with Gasteiger partial charge in [0.15, 0.2) is 5.13 Å². The lowest BCUT2D eigenvalue weighted by Crippen LogP contribution is -2.18. The van der Waals surface area contributed by atoms with Crippen molar-refractivity contribution in [3.8, 4) is 5.88 Å². The Morgan fingerprint density at radius 1 is 1.03 bits per heavy atom. The molecule has 1 saturated carbocycles. The van der Waals surface area contributed by atoms with E-state index in [9.17, 15) is 31.4 Å². The lowest BCUT2D eigenvalue weighted by atomic mass is 9.94. The number of aromatic hydroxyl groups is 1. The van der Waals surface area contributed by atoms with Crippen LogP contribution in [0.4, 0.5) is 36.3 Å². The third kappa shape index (κ3) is 6.85. The Kier molecular flexibility index (Phi) is 7.54. The molecule has 2 aliphatic rings. The van der Waals surface area contributed by atoms with Gasteiger partial charge in [0, 0.05) is 18.0 Å². The van der Waals surface area contributed by atoms with Crippen LogP contribution in [0, 0.1) is 0 Å². The van der Waals surface area contributed by atoms with E-state index >= 15 is 0 Å². The Morgan fingerprint density at radius 3 is 2.33 bits per heavy atom. The van der Waals surface area contributed by atoms with Gasteiger partial charge in [-0.3, -0.25) is 0 Å². The molecule has 8 nitrogen and oxygen atoms in total. The number of hydrogen-bond donors (Lipinski definition) is 4. The summed E-state index contributed by atoms with van der Waals surface area (Å²) >= 11 is 1.08. The molecule has 0 saturated heterocycles. The number of carbonyl (C=O) groups is 1. The van der Waals surface area contributed by atoms with Crippen LogP contribution in [-0.4, -0.2) is 38.7 Å². The zero-order chi connectivity index (χ0) is 28.5. The molecule has 39 heavy (non-hydrogen) atoms. The summed E-state index contributed by atoms with van der Waals surface area (Å²) in [7, 11) is 0. The van der Waals surface area contributed by atoms with Crippen molar-refractivity contribution < 1.29 is 46.5 Å². The second-order valence-corrected chi connectivity index (χ2v) is 9.51. The summed E-state index contributed by atoms with van der Waals surface area (Å²) in [5.74, 6) is -0.368. The van der Waals surface area contributed by atoms with Crippen LogP contribution in [0.2, 0.25) is 0 Å². The number of rotatable bonds is 5. The van der Waals surface area contributed by atoms with Gasteiger partial charge in [0.25, 0.3) is 0 Å². The van der Waals surface area contributed by atoms with Gasteiger partial charge in [-0.2, -0.15) is 41.5 Å². The van der Waals surface area contributed by atoms with Crippen molar-refractivity contribution in [1.29, 1.82) is 0 Å². The Hall–Kier alpha value is -4.14. The van der Waals surface area contributed by atoms with Crippen molar-refractivity contribution in [2.24, 2.45) is 10.2 Å². The lowest BCUT2D eigenvalue weighted by molar-refractivity contribution is -0.143. The zero-order valence-electron chi connectivity index (χ0n) is 19.5. The van der Waals surface area contributed by atoms with Crippen molar-refractivity contribution in [2.75, 3.05) is 5.32 Å². The predicted molar refractivity (Wildman–Crippen MR) is 129 cm³/mol. The number of hydrogen-bond acceptors (Lipinski definition) is 7. The third-order valence-electron chi connectivity index (χ3n) is 5.64. The summed E-state index contributed by atoms with van der Waals surface area (Å²) in [6.45, 7) is 0. The van der Waals surface area contributed by atoms with E-state index in [4.69, 9.17) is 15.0 Å². The summed E-state index contributed by atoms with van der Waals surface area (Å²) < 4.78 is 80.8. The van der Waals surface area contributed by atoms with E-state index in [0.717, 1.165) is 30.2 Å². The topological polar surface area (TPSA) is 127 Å². The highest BCUT2D eigenvalue weighted by molar-refractivity contribution is 7.17. The molecule has 1 aliphatic carbocycles. The second kappa shape index (κ2) is 10.6. The minimum atomic E-state index is -5.01. The minimum Gasteiger partial charge on any atom is -0.492 e. The predicted octanol–water partition coefficient (Wildman–Crippen LogP) is 5.09. The maximum atomic E-state index is 13.8. The average Bonchev–Trinajstić information content (AvgIpc) is 3.38. The van der Waals surface area contributed by atoms with Gasteiger partial charge in [-0.25, -0.2) is 4.79 Å². The normalized spacial score (nSPS) is 15.1. The van der Waals surface area contributed by atoms with Crippen LogP contribution in [0.3, 0.4) is 0 Å². The van der Waals surface area contributed by atoms with Gasteiger partial charge in [0.05, 0.1) is 27.6 Å². The van der Waals surface area contributed by atoms with E-state index in [1.54, 1.807) is 18.2 Å². The van der Waals surface area contributed by atoms with Gasteiger partial charge in [-0.05, 0) is 53.5 Å². The molecular formula is C24H18F6N4O4S. The first-order valence-corrected chi connectivity index (χ1v) is 11.9. The smallest absolute Gasteiger partial charge is 0.492 e. The number of halogens is 6. The van der Waals surface area contributed by atoms with E-state index in [2.05, 4.69) is 20.5 Å². The van der Waals surface area contributed by atoms with Gasteiger partial charge < -0.3 is 20.6 Å². The standard InChI is InChI=1S/C23H16F6N4OS.CH2O3/c24-22(25,26)14-3-1-12(17(9-14)23(27,28)29)8-16(11-2-6-18-13(7-11)10-30-33-18)19-20(34)32-21(35-19)31-15-4-5-15;2-1(3)4/h1-3,6-7,9-10,15,34H,4-5,8H2,(H,31,32);(H2,2,3,4). The fourth-order valence-electron chi connectivity index (χ4n) is 3.74. The lowest BCUT2D eigenvalue weighted by Gasteiger charge is -2.17. The molecule has 206 valence electrons. The number of aromatic nitrogens is 1. The van der Waals surface area contributed by atoms with Crippen molar-refractivity contribution in [1.82, 2.24) is 4.98 Å². The third-order valence-corrected chi connectivity index (χ3v) is 6.67. The molecule has 0 amide bonds. The first kappa shape index (κ1) is 27.9. The number of nitrogens with one attached hydrogen (secondary N) is 1. The van der Waals surface area contributed by atoms with Crippen LogP contribution in [-0.2, 0) is 18.8 Å². The number of nitrogens with zero attached hydrogens (tertiary/aromatic N) is 3. The minimum absolute atomic E-state index is 0.119. The highest BCUT2D eigenvalue weighted by atomic mass is 32.1. The molecule has 0 atom stereocenters. The SMILES string of the molecule is O=C(O)O.Oc1nc(NC2CC2)sc1C(Cc1ccc(C(F)(F)F)cc1C(F)(F)F)=c1ccc2c(c1)C=NN=2. The van der Waals surface area contributed by atoms with Crippen molar-refractivity contribution in [2.45, 2.75) is 37.7 Å². The quantitative estimate of drug-likeness (QED) is 0.316.